The lowest BCUT2D eigenvalue weighted by Gasteiger charge is -2.21. The summed E-state index contributed by atoms with van der Waals surface area (Å²) in [6.07, 6.45) is 59.7. The molecular weight excluding hydrogens is 1280 g/mol. The van der Waals surface area contributed by atoms with Gasteiger partial charge in [-0.05, 0) is 37.5 Å². The third-order valence-electron chi connectivity index (χ3n) is 18.8. The van der Waals surface area contributed by atoms with Crippen LogP contribution in [0.15, 0.2) is 0 Å². The summed E-state index contributed by atoms with van der Waals surface area (Å²) in [6, 6.07) is 0. The van der Waals surface area contributed by atoms with Crippen molar-refractivity contribution in [2.24, 2.45) is 11.8 Å². The van der Waals surface area contributed by atoms with Gasteiger partial charge in [-0.1, -0.05) is 363 Å². The van der Waals surface area contributed by atoms with Crippen LogP contribution < -0.4 is 0 Å². The van der Waals surface area contributed by atoms with Crippen LogP contribution in [0.1, 0.15) is 414 Å². The normalized spacial score (nSPS) is 14.2. The minimum atomic E-state index is -4.96. The number of carbonyl (C=O) groups is 4. The zero-order chi connectivity index (χ0) is 72.1. The summed E-state index contributed by atoms with van der Waals surface area (Å²) in [5.41, 5.74) is 0. The van der Waals surface area contributed by atoms with Crippen LogP contribution in [0.4, 0.5) is 0 Å². The average Bonchev–Trinajstić information content (AvgIpc) is 0.958. The number of aliphatic hydroxyl groups excluding tert-OH is 1. The van der Waals surface area contributed by atoms with Gasteiger partial charge in [0.15, 0.2) is 12.2 Å². The lowest BCUT2D eigenvalue weighted by molar-refractivity contribution is -0.161. The molecule has 582 valence electrons. The lowest BCUT2D eigenvalue weighted by Crippen LogP contribution is -2.30. The van der Waals surface area contributed by atoms with Gasteiger partial charge in [0.05, 0.1) is 26.4 Å². The Morgan fingerprint density at radius 2 is 0.520 bits per heavy atom. The number of hydrogen-bond donors (Lipinski definition) is 3. The first-order valence-corrected chi connectivity index (χ1v) is 44.0. The topological polar surface area (TPSA) is 237 Å². The molecular formula is C79H154O17P2. The minimum absolute atomic E-state index is 0.106. The molecule has 0 aliphatic heterocycles. The number of carbonyl (C=O) groups excluding carboxylic acids is 4. The monoisotopic (exact) mass is 1440 g/mol. The zero-order valence-electron chi connectivity index (χ0n) is 64.1. The summed E-state index contributed by atoms with van der Waals surface area (Å²) >= 11 is 0. The van der Waals surface area contributed by atoms with E-state index in [-0.39, 0.29) is 25.7 Å². The van der Waals surface area contributed by atoms with Crippen LogP contribution in [-0.4, -0.2) is 96.7 Å². The molecule has 0 saturated carbocycles. The average molecular weight is 1440 g/mol. The predicted molar refractivity (Wildman–Crippen MR) is 400 cm³/mol. The van der Waals surface area contributed by atoms with E-state index in [1.54, 1.807) is 0 Å². The largest absolute Gasteiger partial charge is 0.472 e. The number of phosphoric ester groups is 2. The molecule has 0 radical (unpaired) electrons. The van der Waals surface area contributed by atoms with Gasteiger partial charge in [-0.25, -0.2) is 9.13 Å². The maximum atomic E-state index is 13.1. The third kappa shape index (κ3) is 71.1. The van der Waals surface area contributed by atoms with Crippen LogP contribution >= 0.6 is 15.6 Å². The van der Waals surface area contributed by atoms with Gasteiger partial charge in [-0.15, -0.1) is 0 Å². The maximum absolute atomic E-state index is 13.1. The minimum Gasteiger partial charge on any atom is -0.462 e. The molecule has 17 nitrogen and oxygen atoms in total. The fourth-order valence-corrected chi connectivity index (χ4v) is 13.7. The molecule has 98 heavy (non-hydrogen) atoms. The van der Waals surface area contributed by atoms with Crippen LogP contribution in [0.3, 0.4) is 0 Å². The molecule has 0 saturated heterocycles. The molecule has 0 amide bonds. The Morgan fingerprint density at radius 1 is 0.296 bits per heavy atom. The predicted octanol–water partition coefficient (Wildman–Crippen LogP) is 23.5. The summed E-state index contributed by atoms with van der Waals surface area (Å²) in [5.74, 6) is -0.616. The first-order chi connectivity index (χ1) is 47.4. The molecule has 0 heterocycles. The fourth-order valence-electron chi connectivity index (χ4n) is 12.2. The molecule has 6 atom stereocenters. The summed E-state index contributed by atoms with van der Waals surface area (Å²) in [5, 5.41) is 10.6. The van der Waals surface area contributed by atoms with Crippen molar-refractivity contribution >= 4 is 39.5 Å². The molecule has 0 aromatic rings. The summed E-state index contributed by atoms with van der Waals surface area (Å²) in [7, 11) is -9.92. The van der Waals surface area contributed by atoms with Crippen LogP contribution in [0.25, 0.3) is 0 Å². The highest BCUT2D eigenvalue weighted by molar-refractivity contribution is 7.47. The Balaban J connectivity index is 5.24. The number of rotatable bonds is 78. The number of unbranched alkanes of at least 4 members (excludes halogenated alkanes) is 47. The Kier molecular flexibility index (Phi) is 69.3. The standard InChI is InChI=1S/C79H154O17P2/c1-7-10-12-14-16-18-20-22-24-25-26-27-29-31-35-39-43-51-57-63-78(83)95-74(67-89-76(81)61-55-49-42-38-34-30-28-23-21-19-17-15-13-11-8-2)69-93-97(85,86)91-65-73(80)66-92-98(87,88)94-70-75(68-90-77(82)62-56-50-46-45-48-54-60-72(6)9-3)96-79(84)64-58-52-44-40-36-32-33-37-41-47-53-59-71(4)5/h71-75,80H,7-70H2,1-6H3,(H,85,86)(H,87,88)/t72?,73-,74-,75-/m1/s1. The van der Waals surface area contributed by atoms with Crippen molar-refractivity contribution in [3.8, 4) is 0 Å². The van der Waals surface area contributed by atoms with Crippen LogP contribution in [0, 0.1) is 11.8 Å². The first-order valence-electron chi connectivity index (χ1n) is 41.0. The third-order valence-corrected chi connectivity index (χ3v) is 20.7. The van der Waals surface area contributed by atoms with Crippen molar-refractivity contribution < 1.29 is 80.2 Å². The lowest BCUT2D eigenvalue weighted by atomic mass is 10.00. The SMILES string of the molecule is CCCCCCCCCCCCCCCCCCCCCC(=O)O[C@H](COC(=O)CCCCCCCCCCCCCCCCC)COP(=O)(O)OC[C@@H](O)COP(=O)(O)OC[C@@H](COC(=O)CCCCCCCCC(C)CC)OC(=O)CCCCCCCCCCCCCC(C)C. The van der Waals surface area contributed by atoms with Crippen molar-refractivity contribution in [1.82, 2.24) is 0 Å². The zero-order valence-corrected chi connectivity index (χ0v) is 65.9. The van der Waals surface area contributed by atoms with Gasteiger partial charge in [0.1, 0.15) is 19.3 Å². The molecule has 0 fully saturated rings. The number of esters is 4. The van der Waals surface area contributed by atoms with Crippen molar-refractivity contribution in [2.75, 3.05) is 39.6 Å². The van der Waals surface area contributed by atoms with E-state index in [0.29, 0.717) is 25.7 Å². The highest BCUT2D eigenvalue weighted by Crippen LogP contribution is 2.45. The van der Waals surface area contributed by atoms with Gasteiger partial charge in [-0.2, -0.15) is 0 Å². The van der Waals surface area contributed by atoms with E-state index in [1.807, 2.05) is 0 Å². The second-order valence-electron chi connectivity index (χ2n) is 29.2. The second-order valence-corrected chi connectivity index (χ2v) is 32.1. The molecule has 3 unspecified atom stereocenters. The quantitative estimate of drug-likeness (QED) is 0.0222. The molecule has 3 N–H and O–H groups in total. The Morgan fingerprint density at radius 3 is 0.776 bits per heavy atom. The highest BCUT2D eigenvalue weighted by atomic mass is 31.2. The Bertz CT molecular complexity index is 1890. The van der Waals surface area contributed by atoms with Gasteiger partial charge in [0.25, 0.3) is 0 Å². The number of phosphoric acid groups is 2. The molecule has 0 aromatic heterocycles. The van der Waals surface area contributed by atoms with Gasteiger partial charge in [0.2, 0.25) is 0 Å². The summed E-state index contributed by atoms with van der Waals surface area (Å²) in [4.78, 5) is 72.9. The van der Waals surface area contributed by atoms with E-state index >= 15 is 0 Å². The van der Waals surface area contributed by atoms with E-state index in [1.165, 1.54) is 225 Å². The van der Waals surface area contributed by atoms with Gasteiger partial charge < -0.3 is 33.8 Å². The smallest absolute Gasteiger partial charge is 0.462 e. The van der Waals surface area contributed by atoms with Crippen LogP contribution in [0.2, 0.25) is 0 Å². The first kappa shape index (κ1) is 96.1. The van der Waals surface area contributed by atoms with Crippen molar-refractivity contribution in [2.45, 2.75) is 432 Å². The molecule has 0 rings (SSSR count). The Hall–Kier alpha value is -1.94. The maximum Gasteiger partial charge on any atom is 0.472 e. The summed E-state index contributed by atoms with van der Waals surface area (Å²) in [6.45, 7) is 9.58. The molecule has 0 spiro atoms. The van der Waals surface area contributed by atoms with Gasteiger partial charge in [-0.3, -0.25) is 37.3 Å². The van der Waals surface area contributed by atoms with E-state index in [4.69, 9.17) is 37.0 Å². The number of hydrogen-bond acceptors (Lipinski definition) is 15. The van der Waals surface area contributed by atoms with Crippen molar-refractivity contribution in [1.29, 1.82) is 0 Å². The number of ether oxygens (including phenoxy) is 4. The summed E-state index contributed by atoms with van der Waals surface area (Å²) < 4.78 is 68.6. The fraction of sp³-hybridized carbons (Fsp3) is 0.949. The number of aliphatic hydroxyl groups is 1. The van der Waals surface area contributed by atoms with Crippen molar-refractivity contribution in [3.05, 3.63) is 0 Å². The van der Waals surface area contributed by atoms with Crippen LogP contribution in [0.5, 0.6) is 0 Å². The Labute approximate surface area is 600 Å². The van der Waals surface area contributed by atoms with Gasteiger partial charge >= 0.3 is 39.5 Å². The van der Waals surface area contributed by atoms with Gasteiger partial charge in [0, 0.05) is 25.7 Å². The molecule has 0 aliphatic rings. The second kappa shape index (κ2) is 70.7. The van der Waals surface area contributed by atoms with E-state index < -0.39 is 97.5 Å². The molecule has 0 aliphatic carbocycles. The highest BCUT2D eigenvalue weighted by Gasteiger charge is 2.30. The molecule has 19 heteroatoms. The van der Waals surface area contributed by atoms with E-state index in [9.17, 15) is 43.2 Å². The molecule has 0 bridgehead atoms. The van der Waals surface area contributed by atoms with E-state index in [0.717, 1.165) is 108 Å². The van der Waals surface area contributed by atoms with Crippen molar-refractivity contribution in [3.63, 3.8) is 0 Å². The molecule has 0 aromatic carbocycles. The van der Waals surface area contributed by atoms with Crippen LogP contribution in [-0.2, 0) is 65.4 Å². The van der Waals surface area contributed by atoms with E-state index in [2.05, 4.69) is 41.5 Å².